The summed E-state index contributed by atoms with van der Waals surface area (Å²) in [6.45, 7) is 0. The number of nitrogens with one attached hydrogen (secondary N) is 2. The molecular formula is C3H8ClIN4O2S2. The smallest absolute Gasteiger partial charge is 0.313 e. The van der Waals surface area contributed by atoms with E-state index in [-0.39, 0.29) is 12.4 Å². The van der Waals surface area contributed by atoms with E-state index in [9.17, 15) is 8.42 Å². The molecule has 0 bridgehead atoms. The largest absolute Gasteiger partial charge is 0.380 e. The van der Waals surface area contributed by atoms with Crippen LogP contribution in [0.15, 0.2) is 8.73 Å². The van der Waals surface area contributed by atoms with Gasteiger partial charge >= 0.3 is 10.2 Å². The number of hydrogen-bond acceptors (Lipinski definition) is 5. The van der Waals surface area contributed by atoms with Gasteiger partial charge in [-0.1, -0.05) is 0 Å². The Morgan fingerprint density at radius 3 is 2.46 bits per heavy atom. The molecule has 0 spiro atoms. The van der Waals surface area contributed by atoms with Crippen LogP contribution in [0.3, 0.4) is 0 Å². The third-order valence-corrected chi connectivity index (χ3v) is 4.57. The maximum Gasteiger partial charge on any atom is 0.313 e. The van der Waals surface area contributed by atoms with E-state index in [0.29, 0.717) is 3.70 Å². The van der Waals surface area contributed by atoms with Crippen LogP contribution in [0.5, 0.6) is 0 Å². The topological polar surface area (TPSA) is 87.5 Å². The fraction of sp³-hybridized carbons (Fsp3) is 0.333. The van der Waals surface area contributed by atoms with Crippen molar-refractivity contribution < 1.29 is 8.42 Å². The first-order valence-corrected chi connectivity index (χ1v) is 6.19. The molecule has 78 valence electrons. The Hall–Kier alpha value is 0.580. The summed E-state index contributed by atoms with van der Waals surface area (Å²) < 4.78 is 23.2. The molecule has 1 heterocycles. The molecule has 1 aliphatic rings. The number of rotatable bonds is 2. The lowest BCUT2D eigenvalue weighted by molar-refractivity contribution is 0.490. The summed E-state index contributed by atoms with van der Waals surface area (Å²) in [5, 5.41) is 8.46. The number of hydrazine groups is 1. The van der Waals surface area contributed by atoms with E-state index in [1.54, 1.807) is 7.05 Å². The lowest BCUT2D eigenvalue weighted by Gasteiger charge is -2.12. The van der Waals surface area contributed by atoms with Gasteiger partial charge in [-0.15, -0.1) is 12.4 Å². The highest BCUT2D eigenvalue weighted by Crippen LogP contribution is 2.30. The van der Waals surface area contributed by atoms with Crippen LogP contribution >= 0.6 is 46.9 Å². The van der Waals surface area contributed by atoms with Gasteiger partial charge in [0.05, 0.1) is 0 Å². The molecule has 6 nitrogen and oxygen atoms in total. The zero-order valence-electron chi connectivity index (χ0n) is 6.44. The Bertz CT molecular complexity index is 317. The summed E-state index contributed by atoms with van der Waals surface area (Å²) in [5.74, 6) is 0. The van der Waals surface area contributed by atoms with Crippen LogP contribution in [0, 0.1) is 0 Å². The number of nitrogens with two attached hydrogens (primary N) is 1. The van der Waals surface area contributed by atoms with Gasteiger partial charge in [-0.05, 0) is 34.5 Å². The van der Waals surface area contributed by atoms with Crippen LogP contribution in [0.25, 0.3) is 0 Å². The van der Waals surface area contributed by atoms with Crippen molar-refractivity contribution in [1.29, 1.82) is 0 Å². The molecule has 0 atom stereocenters. The first kappa shape index (κ1) is 13.6. The third-order valence-electron chi connectivity index (χ3n) is 1.08. The zero-order valence-corrected chi connectivity index (χ0v) is 11.1. The van der Waals surface area contributed by atoms with Gasteiger partial charge in [0.15, 0.2) is 0 Å². The first-order chi connectivity index (χ1) is 5.46. The van der Waals surface area contributed by atoms with E-state index in [2.05, 4.69) is 10.1 Å². The van der Waals surface area contributed by atoms with Crippen LogP contribution in [0.2, 0.25) is 0 Å². The molecule has 0 unspecified atom stereocenters. The van der Waals surface area contributed by atoms with Crippen LogP contribution in [0.1, 0.15) is 0 Å². The van der Waals surface area contributed by atoms with Gasteiger partial charge in [0, 0.05) is 7.05 Å². The van der Waals surface area contributed by atoms with Gasteiger partial charge in [0.25, 0.3) is 0 Å². The fourth-order valence-corrected chi connectivity index (χ4v) is 3.73. The molecule has 4 N–H and O–H groups in total. The van der Waals surface area contributed by atoms with E-state index in [0.717, 1.165) is 21.4 Å². The Balaban J connectivity index is 0.00000144. The maximum atomic E-state index is 10.9. The monoisotopic (exact) mass is 358 g/mol. The average molecular weight is 359 g/mol. The summed E-state index contributed by atoms with van der Waals surface area (Å²) in [6, 6.07) is 0. The highest BCUT2D eigenvalue weighted by atomic mass is 127. The normalized spacial score (nSPS) is 17.3. The zero-order chi connectivity index (χ0) is 9.35. The summed E-state index contributed by atoms with van der Waals surface area (Å²) in [5.41, 5.74) is 0. The molecule has 0 aromatic carbocycles. The van der Waals surface area contributed by atoms with Crippen molar-refractivity contribution in [2.24, 2.45) is 5.14 Å². The number of halogens is 2. The molecule has 0 amide bonds. The standard InChI is InChI=1S/C3H7IN4O2S2.ClH/c1-6-3-2(4)8(7-11-3)12(5,9)10;/h6-7H,1H3,(H2,5,9,10);1H. The second-order valence-electron chi connectivity index (χ2n) is 1.87. The van der Waals surface area contributed by atoms with E-state index >= 15 is 0 Å². The minimum absolute atomic E-state index is 0. The van der Waals surface area contributed by atoms with Gasteiger partial charge in [-0.3, -0.25) is 0 Å². The molecule has 0 aromatic heterocycles. The summed E-state index contributed by atoms with van der Waals surface area (Å²) >= 11 is 3.05. The maximum absolute atomic E-state index is 10.9. The van der Waals surface area contributed by atoms with Crippen molar-refractivity contribution in [1.82, 2.24) is 14.6 Å². The van der Waals surface area contributed by atoms with Crippen molar-refractivity contribution in [2.45, 2.75) is 0 Å². The fourth-order valence-electron chi connectivity index (χ4n) is 0.579. The highest BCUT2D eigenvalue weighted by Gasteiger charge is 2.28. The molecule has 0 saturated carbocycles. The number of nitrogens with zero attached hydrogens (tertiary/aromatic N) is 1. The predicted molar refractivity (Wildman–Crippen MR) is 63.0 cm³/mol. The Kier molecular flexibility index (Phi) is 5.10. The Labute approximate surface area is 101 Å². The predicted octanol–water partition coefficient (Wildman–Crippen LogP) is -0.139. The second-order valence-corrected chi connectivity index (χ2v) is 5.08. The van der Waals surface area contributed by atoms with Crippen molar-refractivity contribution in [3.8, 4) is 0 Å². The van der Waals surface area contributed by atoms with Crippen molar-refractivity contribution in [2.75, 3.05) is 7.05 Å². The number of hydrogen-bond donors (Lipinski definition) is 3. The molecule has 0 aromatic rings. The Morgan fingerprint density at radius 1 is 1.69 bits per heavy atom. The van der Waals surface area contributed by atoms with Crippen LogP contribution in [-0.2, 0) is 10.2 Å². The average Bonchev–Trinajstić information content (AvgIpc) is 2.29. The molecule has 0 saturated heterocycles. The summed E-state index contributed by atoms with van der Waals surface area (Å²) in [4.78, 5) is 2.54. The van der Waals surface area contributed by atoms with E-state index in [1.807, 2.05) is 22.6 Å². The second kappa shape index (κ2) is 4.89. The highest BCUT2D eigenvalue weighted by molar-refractivity contribution is 14.1. The van der Waals surface area contributed by atoms with Crippen LogP contribution in [0.4, 0.5) is 0 Å². The molecule has 10 heteroatoms. The van der Waals surface area contributed by atoms with Gasteiger partial charge in [-0.25, -0.2) is 5.14 Å². The third kappa shape index (κ3) is 3.02. The molecule has 1 aliphatic heterocycles. The molecule has 0 aliphatic carbocycles. The van der Waals surface area contributed by atoms with E-state index < -0.39 is 10.2 Å². The van der Waals surface area contributed by atoms with Crippen LogP contribution in [-0.4, -0.2) is 19.9 Å². The quantitative estimate of drug-likeness (QED) is 0.363. The molecule has 0 radical (unpaired) electrons. The molecular weight excluding hydrogens is 351 g/mol. The Morgan fingerprint density at radius 2 is 2.23 bits per heavy atom. The lowest BCUT2D eigenvalue weighted by atomic mass is 10.9. The molecule has 13 heavy (non-hydrogen) atoms. The van der Waals surface area contributed by atoms with E-state index in [1.165, 1.54) is 0 Å². The minimum Gasteiger partial charge on any atom is -0.380 e. The minimum atomic E-state index is -3.70. The van der Waals surface area contributed by atoms with Gasteiger partial charge < -0.3 is 5.32 Å². The van der Waals surface area contributed by atoms with Crippen LogP contribution < -0.4 is 15.3 Å². The SMILES string of the molecule is CNC1=C(I)N(S(N)(=O)=O)NS1.Cl. The van der Waals surface area contributed by atoms with Crippen molar-refractivity contribution in [3.05, 3.63) is 8.73 Å². The summed E-state index contributed by atoms with van der Waals surface area (Å²) in [7, 11) is -2.00. The van der Waals surface area contributed by atoms with Crippen molar-refractivity contribution >= 4 is 57.2 Å². The van der Waals surface area contributed by atoms with Gasteiger partial charge in [0.2, 0.25) is 0 Å². The molecule has 0 fully saturated rings. The summed E-state index contributed by atoms with van der Waals surface area (Å²) in [6.07, 6.45) is 0. The molecule has 1 rings (SSSR count). The lowest BCUT2D eigenvalue weighted by Crippen LogP contribution is -2.38. The van der Waals surface area contributed by atoms with E-state index in [4.69, 9.17) is 5.14 Å². The first-order valence-electron chi connectivity index (χ1n) is 2.80. The van der Waals surface area contributed by atoms with Gasteiger partial charge in [-0.2, -0.15) is 17.7 Å². The van der Waals surface area contributed by atoms with Gasteiger partial charge in [0.1, 0.15) is 8.73 Å². The van der Waals surface area contributed by atoms with Crippen molar-refractivity contribution in [3.63, 3.8) is 0 Å².